The summed E-state index contributed by atoms with van der Waals surface area (Å²) in [7, 11) is 0. The molecule has 0 aliphatic rings. The third-order valence-electron chi connectivity index (χ3n) is 1.68. The second-order valence-electron chi connectivity index (χ2n) is 2.77. The predicted molar refractivity (Wildman–Crippen MR) is 48.7 cm³/mol. The van der Waals surface area contributed by atoms with Gasteiger partial charge in [0.05, 0.1) is 0 Å². The molecule has 2 heteroatoms. The minimum atomic E-state index is -0.0560. The minimum Gasteiger partial charge on any atom is -0.339 e. The van der Waals surface area contributed by atoms with Crippen LogP contribution in [0.1, 0.15) is 18.1 Å². The van der Waals surface area contributed by atoms with Gasteiger partial charge in [-0.1, -0.05) is 13.3 Å². The molecule has 1 aromatic carbocycles. The molecule has 1 nitrogen and oxygen atoms in total. The summed E-state index contributed by atoms with van der Waals surface area (Å²) in [5.74, 6) is -0.0560. The molecular weight excluding hydrogens is 237 g/mol. The van der Waals surface area contributed by atoms with E-state index in [9.17, 15) is 4.79 Å². The summed E-state index contributed by atoms with van der Waals surface area (Å²) in [6.07, 6.45) is 1.35. The van der Waals surface area contributed by atoms with Gasteiger partial charge in [0.1, 0.15) is 0 Å². The third-order valence-corrected chi connectivity index (χ3v) is 1.68. The fourth-order valence-electron chi connectivity index (χ4n) is 1.09. The van der Waals surface area contributed by atoms with Gasteiger partial charge in [-0.2, -0.15) is 35.4 Å². The monoisotopic (exact) mass is 249 g/mol. The molecule has 0 aliphatic carbocycles. The molecule has 1 rings (SSSR count). The first-order valence-electron chi connectivity index (χ1n) is 4.07. The van der Waals surface area contributed by atoms with Crippen LogP contribution in [0.4, 0.5) is 0 Å². The topological polar surface area (TPSA) is 17.1 Å². The quantitative estimate of drug-likeness (QED) is 0.749. The zero-order valence-corrected chi connectivity index (χ0v) is 10.7. The molecule has 0 bridgehead atoms. The van der Waals surface area contributed by atoms with E-state index in [-0.39, 0.29) is 38.5 Å². The largest absolute Gasteiger partial charge is 0.339 e. The maximum atomic E-state index is 10.7. The molecule has 0 fully saturated rings. The van der Waals surface area contributed by atoms with Crippen molar-refractivity contribution in [2.24, 2.45) is 0 Å². The first kappa shape index (κ1) is 12.9. The van der Waals surface area contributed by atoms with Crippen LogP contribution in [0.2, 0.25) is 0 Å². The second kappa shape index (κ2) is 6.34. The molecule has 0 aromatic heterocycles. The fourth-order valence-corrected chi connectivity index (χ4v) is 1.09. The Morgan fingerprint density at radius 1 is 1.46 bits per heavy atom. The number of carbonyl (C=O) groups excluding carboxylic acids is 1. The van der Waals surface area contributed by atoms with Gasteiger partial charge in [-0.3, -0.25) is 0 Å². The van der Waals surface area contributed by atoms with Crippen LogP contribution in [0.15, 0.2) is 18.2 Å². The van der Waals surface area contributed by atoms with Crippen LogP contribution < -0.4 is 0 Å². The third kappa shape index (κ3) is 4.59. The van der Waals surface area contributed by atoms with Crippen molar-refractivity contribution in [3.05, 3.63) is 42.3 Å². The molecule has 1 radical (unpaired) electrons. The smallest absolute Gasteiger partial charge is 0 e. The van der Waals surface area contributed by atoms with Crippen molar-refractivity contribution in [3.63, 3.8) is 0 Å². The Hall–Kier alpha value is -0.136. The van der Waals surface area contributed by atoms with Gasteiger partial charge in [0.25, 0.3) is 0 Å². The summed E-state index contributed by atoms with van der Waals surface area (Å²) in [4.78, 5) is 10.7. The van der Waals surface area contributed by atoms with E-state index in [0.717, 1.165) is 17.5 Å². The van der Waals surface area contributed by atoms with Gasteiger partial charge in [-0.15, -0.1) is 0 Å². The molecule has 0 saturated heterocycles. The van der Waals surface area contributed by atoms with Gasteiger partial charge in [-0.05, 0) is 12.2 Å². The van der Waals surface area contributed by atoms with Crippen LogP contribution in [-0.2, 0) is 50.3 Å². The number of Topliss-reactive ketones (excluding diaryl/α,β-unsaturated/α-hetero) is 1. The van der Waals surface area contributed by atoms with E-state index in [1.54, 1.807) is 0 Å². The van der Waals surface area contributed by atoms with Gasteiger partial charge in [0.15, 0.2) is 0 Å². The minimum absolute atomic E-state index is 0. The summed E-state index contributed by atoms with van der Waals surface area (Å²) < 4.78 is 0. The maximum Gasteiger partial charge on any atom is 0 e. The van der Waals surface area contributed by atoms with Crippen molar-refractivity contribution >= 4 is 5.78 Å². The first-order valence-corrected chi connectivity index (χ1v) is 4.07. The van der Waals surface area contributed by atoms with Gasteiger partial charge in [-0.25, -0.2) is 0 Å². The molecule has 13 heavy (non-hydrogen) atoms. The van der Waals surface area contributed by atoms with E-state index in [2.05, 4.69) is 19.9 Å². The zero-order chi connectivity index (χ0) is 8.97. The molecule has 67 valence electrons. The van der Waals surface area contributed by atoms with Crippen LogP contribution in [0.3, 0.4) is 0 Å². The molecule has 1 aromatic rings. The normalized spacial score (nSPS) is 9.00. The van der Waals surface area contributed by atoms with Crippen molar-refractivity contribution < 1.29 is 37.5 Å². The molecule has 0 unspecified atom stereocenters. The van der Waals surface area contributed by atoms with Crippen molar-refractivity contribution in [1.29, 1.82) is 0 Å². The first-order chi connectivity index (χ1) is 5.72. The standard InChI is InChI=1S/C11H12O.Y/c1-3-10-5-4-6-11(8-10)7-9(2)12;/h4-6H,2-3,7H2,1H3;/q-2;. The van der Waals surface area contributed by atoms with E-state index in [4.69, 9.17) is 0 Å². The summed E-state index contributed by atoms with van der Waals surface area (Å²) in [6, 6.07) is 9.03. The van der Waals surface area contributed by atoms with E-state index >= 15 is 0 Å². The Morgan fingerprint density at radius 2 is 2.08 bits per heavy atom. The molecular formula is C11H12OY-2. The van der Waals surface area contributed by atoms with Crippen LogP contribution in [0.5, 0.6) is 0 Å². The number of benzene rings is 1. The Balaban J connectivity index is 0.00000144. The Labute approximate surface area is 105 Å². The SMILES string of the molecule is [CH2-]C(=O)Cc1[c-]c(CC)ccc1.[Y]. The number of rotatable bonds is 3. The van der Waals surface area contributed by atoms with Gasteiger partial charge >= 0.3 is 0 Å². The number of carbonyl (C=O) groups is 1. The zero-order valence-electron chi connectivity index (χ0n) is 7.84. The average molecular weight is 249 g/mol. The Kier molecular flexibility index (Phi) is 6.27. The molecule has 0 aliphatic heterocycles. The van der Waals surface area contributed by atoms with Crippen molar-refractivity contribution in [2.45, 2.75) is 19.8 Å². The Bertz CT molecular complexity index is 281. The summed E-state index contributed by atoms with van der Waals surface area (Å²) >= 11 is 0. The number of hydrogen-bond acceptors (Lipinski definition) is 1. The van der Waals surface area contributed by atoms with Crippen LogP contribution >= 0.6 is 0 Å². The van der Waals surface area contributed by atoms with Crippen molar-refractivity contribution in [3.8, 4) is 0 Å². The average Bonchev–Trinajstić information content (AvgIpc) is 2.03. The molecule has 0 amide bonds. The van der Waals surface area contributed by atoms with Gasteiger partial charge in [0, 0.05) is 32.7 Å². The predicted octanol–water partition coefficient (Wildman–Crippen LogP) is 1.99. The summed E-state index contributed by atoms with van der Waals surface area (Å²) in [5.41, 5.74) is 2.09. The van der Waals surface area contributed by atoms with Crippen molar-refractivity contribution in [2.75, 3.05) is 0 Å². The number of hydrogen-bond donors (Lipinski definition) is 0. The number of ketones is 1. The van der Waals surface area contributed by atoms with Crippen LogP contribution in [-0.4, -0.2) is 5.78 Å². The molecule has 0 saturated carbocycles. The molecule has 0 spiro atoms. The maximum absolute atomic E-state index is 10.7. The van der Waals surface area contributed by atoms with E-state index in [1.807, 2.05) is 18.2 Å². The van der Waals surface area contributed by atoms with E-state index in [1.165, 1.54) is 0 Å². The second-order valence-corrected chi connectivity index (χ2v) is 2.77. The molecule has 0 heterocycles. The number of aryl methyl sites for hydroxylation is 1. The van der Waals surface area contributed by atoms with Gasteiger partial charge in [0.2, 0.25) is 0 Å². The van der Waals surface area contributed by atoms with E-state index in [0.29, 0.717) is 6.42 Å². The molecule has 0 atom stereocenters. The van der Waals surface area contributed by atoms with Crippen molar-refractivity contribution in [1.82, 2.24) is 0 Å². The summed E-state index contributed by atoms with van der Waals surface area (Å²) in [6.45, 7) is 5.40. The Morgan fingerprint density at radius 3 is 2.62 bits per heavy atom. The fraction of sp³-hybridized carbons (Fsp3) is 0.273. The van der Waals surface area contributed by atoms with Crippen LogP contribution in [0, 0.1) is 13.0 Å². The van der Waals surface area contributed by atoms with Crippen LogP contribution in [0.25, 0.3) is 0 Å². The van der Waals surface area contributed by atoms with Gasteiger partial charge < -0.3 is 11.7 Å². The molecule has 0 N–H and O–H groups in total. The van der Waals surface area contributed by atoms with E-state index < -0.39 is 0 Å². The summed E-state index contributed by atoms with van der Waals surface area (Å²) in [5, 5.41) is 0.